The smallest absolute Gasteiger partial charge is 0.491 e. The number of pyridine rings is 1. The largest absolute Gasteiger partial charge is 0.573 e. The van der Waals surface area contributed by atoms with Crippen LogP contribution in [0.2, 0.25) is 0 Å². The fourth-order valence-corrected chi connectivity index (χ4v) is 4.97. The molecule has 1 aromatic heterocycles. The molecular weight excluding hydrogens is 452 g/mol. The molecule has 0 unspecified atom stereocenters. The average Bonchev–Trinajstić information content (AvgIpc) is 2.75. The van der Waals surface area contributed by atoms with Crippen LogP contribution in [0.3, 0.4) is 0 Å². The highest BCUT2D eigenvalue weighted by Gasteiger charge is 2.45. The second-order valence-electron chi connectivity index (χ2n) is 6.97. The van der Waals surface area contributed by atoms with Crippen molar-refractivity contribution in [2.24, 2.45) is 0 Å². The molecule has 1 aliphatic heterocycles. The molecule has 0 fully saturated rings. The number of hydrogen-bond acceptors (Lipinski definition) is 5. The Kier molecular flexibility index (Phi) is 5.55. The Hall–Kier alpha value is -3.18. The van der Waals surface area contributed by atoms with Gasteiger partial charge in [-0.15, -0.1) is 13.2 Å². The van der Waals surface area contributed by atoms with Gasteiger partial charge in [-0.1, -0.05) is 24.3 Å². The normalized spacial score (nSPS) is 18.5. The van der Waals surface area contributed by atoms with Crippen molar-refractivity contribution in [1.82, 2.24) is 9.71 Å². The Balaban J connectivity index is 1.86. The predicted octanol–water partition coefficient (Wildman–Crippen LogP) is 4.12. The molecule has 11 heteroatoms. The molecule has 168 valence electrons. The lowest BCUT2D eigenvalue weighted by molar-refractivity contribution is -0.275. The van der Waals surface area contributed by atoms with E-state index in [1.165, 1.54) is 24.4 Å². The summed E-state index contributed by atoms with van der Waals surface area (Å²) < 4.78 is 90.5. The Labute approximate surface area is 180 Å². The zero-order valence-electron chi connectivity index (χ0n) is 16.3. The lowest BCUT2D eigenvalue weighted by atomic mass is 9.82. The molecule has 0 aliphatic carbocycles. The van der Waals surface area contributed by atoms with Crippen LogP contribution in [0.5, 0.6) is 11.5 Å². The minimum Gasteiger partial charge on any atom is -0.491 e. The van der Waals surface area contributed by atoms with E-state index in [2.05, 4.69) is 14.4 Å². The van der Waals surface area contributed by atoms with Crippen LogP contribution >= 0.6 is 0 Å². The first-order valence-corrected chi connectivity index (χ1v) is 10.8. The summed E-state index contributed by atoms with van der Waals surface area (Å²) in [7, 11) is -4.14. The van der Waals surface area contributed by atoms with Gasteiger partial charge in [0.2, 0.25) is 10.0 Å². The number of nitrogens with zero attached hydrogens (tertiary/aromatic N) is 1. The van der Waals surface area contributed by atoms with E-state index in [1.807, 2.05) is 0 Å². The number of halogens is 4. The summed E-state index contributed by atoms with van der Waals surface area (Å²) in [6.45, 7) is 0.0540. The second-order valence-corrected chi connectivity index (χ2v) is 8.65. The van der Waals surface area contributed by atoms with E-state index < -0.39 is 33.5 Å². The van der Waals surface area contributed by atoms with Crippen molar-refractivity contribution in [3.8, 4) is 11.5 Å². The second kappa shape index (κ2) is 8.06. The summed E-state index contributed by atoms with van der Waals surface area (Å²) in [6.07, 6.45) is -3.65. The van der Waals surface area contributed by atoms with Crippen LogP contribution in [0.1, 0.15) is 17.7 Å². The van der Waals surface area contributed by atoms with Crippen molar-refractivity contribution < 1.29 is 35.5 Å². The number of rotatable bonds is 5. The summed E-state index contributed by atoms with van der Waals surface area (Å²) in [4.78, 5) is 4.21. The molecule has 1 atom stereocenters. The number of aromatic nitrogens is 1. The topological polar surface area (TPSA) is 77.5 Å². The quantitative estimate of drug-likeness (QED) is 0.570. The predicted molar refractivity (Wildman–Crippen MR) is 105 cm³/mol. The minimum atomic E-state index is -5.08. The minimum absolute atomic E-state index is 0.0159. The number of hydrogen-bond donors (Lipinski definition) is 1. The molecule has 32 heavy (non-hydrogen) atoms. The van der Waals surface area contributed by atoms with Gasteiger partial charge in [0.1, 0.15) is 17.0 Å². The first-order valence-electron chi connectivity index (χ1n) is 9.34. The third-order valence-electron chi connectivity index (χ3n) is 4.92. The van der Waals surface area contributed by atoms with E-state index >= 15 is 0 Å². The van der Waals surface area contributed by atoms with Crippen LogP contribution in [0.4, 0.5) is 17.6 Å². The Bertz CT molecular complexity index is 1240. The lowest BCUT2D eigenvalue weighted by Crippen LogP contribution is -2.50. The fourth-order valence-electron chi connectivity index (χ4n) is 3.56. The summed E-state index contributed by atoms with van der Waals surface area (Å²) in [5, 5.41) is 0. The maximum atomic E-state index is 14.6. The van der Waals surface area contributed by atoms with Gasteiger partial charge in [0, 0.05) is 12.6 Å². The molecule has 2 aromatic carbocycles. The van der Waals surface area contributed by atoms with Crippen molar-refractivity contribution in [2.45, 2.75) is 23.2 Å². The monoisotopic (exact) mass is 468 g/mol. The van der Waals surface area contributed by atoms with Crippen LogP contribution in [0.15, 0.2) is 71.8 Å². The average molecular weight is 468 g/mol. The van der Waals surface area contributed by atoms with Gasteiger partial charge in [-0.2, -0.15) is 4.72 Å². The van der Waals surface area contributed by atoms with Crippen molar-refractivity contribution in [1.29, 1.82) is 0 Å². The Morgan fingerprint density at radius 1 is 1.06 bits per heavy atom. The highest BCUT2D eigenvalue weighted by atomic mass is 32.2. The summed E-state index contributed by atoms with van der Waals surface area (Å²) >= 11 is 0. The fraction of sp³-hybridized carbons (Fsp3) is 0.190. The van der Waals surface area contributed by atoms with Crippen molar-refractivity contribution in [3.63, 3.8) is 0 Å². The van der Waals surface area contributed by atoms with E-state index in [-0.39, 0.29) is 34.9 Å². The molecule has 0 amide bonds. The van der Waals surface area contributed by atoms with Crippen LogP contribution in [0, 0.1) is 5.82 Å². The van der Waals surface area contributed by atoms with E-state index in [1.54, 1.807) is 30.3 Å². The molecule has 1 aliphatic rings. The molecule has 4 rings (SSSR count). The van der Waals surface area contributed by atoms with E-state index in [0.717, 1.165) is 12.1 Å². The van der Waals surface area contributed by atoms with Crippen LogP contribution in [0.25, 0.3) is 0 Å². The van der Waals surface area contributed by atoms with Crippen molar-refractivity contribution >= 4 is 10.0 Å². The van der Waals surface area contributed by atoms with Gasteiger partial charge < -0.3 is 9.47 Å². The highest BCUT2D eigenvalue weighted by Crippen LogP contribution is 2.42. The van der Waals surface area contributed by atoms with Gasteiger partial charge in [0.25, 0.3) is 0 Å². The molecule has 6 nitrogen and oxygen atoms in total. The first kappa shape index (κ1) is 22.0. The van der Waals surface area contributed by atoms with Gasteiger partial charge in [-0.25, -0.2) is 12.8 Å². The van der Waals surface area contributed by atoms with Gasteiger partial charge in [-0.3, -0.25) is 4.98 Å². The van der Waals surface area contributed by atoms with Crippen LogP contribution in [-0.4, -0.2) is 26.4 Å². The lowest BCUT2D eigenvalue weighted by Gasteiger charge is -2.38. The Morgan fingerprint density at radius 3 is 2.50 bits per heavy atom. The summed E-state index contributed by atoms with van der Waals surface area (Å²) in [6, 6.07) is 13.4. The number of nitrogens with one attached hydrogen (secondary N) is 1. The molecular formula is C21H16F4N2O4S. The van der Waals surface area contributed by atoms with E-state index in [9.17, 15) is 26.0 Å². The van der Waals surface area contributed by atoms with Gasteiger partial charge in [-0.05, 0) is 42.0 Å². The van der Waals surface area contributed by atoms with Crippen molar-refractivity contribution in [3.05, 3.63) is 83.9 Å². The third-order valence-corrected chi connectivity index (χ3v) is 6.43. The first-order chi connectivity index (χ1) is 15.1. The number of fused-ring (bicyclic) bond motifs is 1. The number of alkyl halides is 3. The SMILES string of the molecule is O=S(=O)(N[C@]1(c2ccc(OC(F)(F)F)c(F)c2)CCOc2cccnc21)c1ccccc1. The highest BCUT2D eigenvalue weighted by molar-refractivity contribution is 7.89. The molecule has 2 heterocycles. The standard InChI is InChI=1S/C21H16F4N2O4S/c22-16-13-14(8-9-17(16)31-21(23,24)25)20(10-12-30-18-7-4-11-26-19(18)20)27-32(28,29)15-5-2-1-3-6-15/h1-9,11,13,27H,10,12H2/t20-/m0/s1. The molecule has 1 N–H and O–H groups in total. The van der Waals surface area contributed by atoms with Crippen molar-refractivity contribution in [2.75, 3.05) is 6.61 Å². The molecule has 0 bridgehead atoms. The Morgan fingerprint density at radius 2 is 1.81 bits per heavy atom. The third kappa shape index (κ3) is 4.26. The maximum Gasteiger partial charge on any atom is 0.573 e. The summed E-state index contributed by atoms with van der Waals surface area (Å²) in [5.74, 6) is -2.07. The maximum absolute atomic E-state index is 14.6. The summed E-state index contributed by atoms with van der Waals surface area (Å²) in [5.41, 5.74) is -1.39. The zero-order chi connectivity index (χ0) is 23.0. The van der Waals surface area contributed by atoms with Gasteiger partial charge >= 0.3 is 6.36 Å². The van der Waals surface area contributed by atoms with Gasteiger partial charge in [0.15, 0.2) is 11.6 Å². The molecule has 3 aromatic rings. The number of ether oxygens (including phenoxy) is 2. The molecule has 0 saturated heterocycles. The van der Waals surface area contributed by atoms with Crippen LogP contribution in [-0.2, 0) is 15.6 Å². The van der Waals surface area contributed by atoms with Crippen LogP contribution < -0.4 is 14.2 Å². The van der Waals surface area contributed by atoms with E-state index in [0.29, 0.717) is 0 Å². The molecule has 0 radical (unpaired) electrons. The molecule has 0 saturated carbocycles. The zero-order valence-corrected chi connectivity index (χ0v) is 17.1. The van der Waals surface area contributed by atoms with E-state index in [4.69, 9.17) is 4.74 Å². The van der Waals surface area contributed by atoms with Gasteiger partial charge in [0.05, 0.1) is 11.5 Å². The number of sulfonamides is 1. The molecule has 0 spiro atoms. The number of benzene rings is 2.